The Bertz CT molecular complexity index is 469. The molecule has 1 heterocycles. The number of ether oxygens (including phenoxy) is 3. The van der Waals surface area contributed by atoms with Crippen molar-refractivity contribution in [2.75, 3.05) is 20.8 Å². The summed E-state index contributed by atoms with van der Waals surface area (Å²) in [4.78, 5) is 11.5. The molecule has 0 aliphatic carbocycles. The molecule has 98 valence electrons. The molecule has 18 heavy (non-hydrogen) atoms. The van der Waals surface area contributed by atoms with Crippen LogP contribution in [0, 0.1) is 0 Å². The van der Waals surface area contributed by atoms with Gasteiger partial charge in [0.2, 0.25) is 0 Å². The highest BCUT2D eigenvalue weighted by Crippen LogP contribution is 2.44. The van der Waals surface area contributed by atoms with Gasteiger partial charge in [0.1, 0.15) is 11.4 Å². The minimum Gasteiger partial charge on any atom is -0.484 e. The van der Waals surface area contributed by atoms with E-state index >= 15 is 0 Å². The third-order valence-electron chi connectivity index (χ3n) is 3.59. The van der Waals surface area contributed by atoms with Crippen molar-refractivity contribution in [2.24, 2.45) is 0 Å². The molecule has 0 fully saturated rings. The summed E-state index contributed by atoms with van der Waals surface area (Å²) in [5.41, 5.74) is 1.19. The molecule has 0 amide bonds. The maximum Gasteiger partial charge on any atom is 0.337 e. The normalized spacial score (nSPS) is 25.4. The molecule has 2 rings (SSSR count). The van der Waals surface area contributed by atoms with Crippen molar-refractivity contribution in [1.29, 1.82) is 0 Å². The topological polar surface area (TPSA) is 44.8 Å². The molecule has 0 radical (unpaired) electrons. The van der Waals surface area contributed by atoms with Crippen LogP contribution >= 0.6 is 0 Å². The molecular weight excluding hydrogens is 232 g/mol. The Morgan fingerprint density at radius 2 is 2.17 bits per heavy atom. The van der Waals surface area contributed by atoms with Gasteiger partial charge in [0, 0.05) is 18.6 Å². The highest BCUT2D eigenvalue weighted by molar-refractivity contribution is 5.89. The van der Waals surface area contributed by atoms with E-state index in [0.717, 1.165) is 11.3 Å². The first-order valence-electron chi connectivity index (χ1n) is 5.92. The van der Waals surface area contributed by atoms with E-state index in [1.54, 1.807) is 13.2 Å². The highest BCUT2D eigenvalue weighted by atomic mass is 16.5. The third kappa shape index (κ3) is 1.97. The summed E-state index contributed by atoms with van der Waals surface area (Å²) in [6.07, 6.45) is 0. The van der Waals surface area contributed by atoms with E-state index in [4.69, 9.17) is 14.2 Å². The molecular formula is C14H18O4. The van der Waals surface area contributed by atoms with Crippen LogP contribution in [0.4, 0.5) is 0 Å². The summed E-state index contributed by atoms with van der Waals surface area (Å²) in [5, 5.41) is 0. The summed E-state index contributed by atoms with van der Waals surface area (Å²) in [6.45, 7) is 4.60. The van der Waals surface area contributed by atoms with E-state index < -0.39 is 0 Å². The zero-order chi connectivity index (χ0) is 13.3. The standard InChI is InChI=1S/C14H18O4/c1-9-11-7-10(13(15)17-4)5-6-12(11)18-14(9,2)8-16-3/h5-7,9H,8H2,1-4H3. The molecule has 4 heteroatoms. The van der Waals surface area contributed by atoms with Crippen LogP contribution in [0.1, 0.15) is 35.7 Å². The van der Waals surface area contributed by atoms with Crippen molar-refractivity contribution in [3.8, 4) is 5.75 Å². The summed E-state index contributed by atoms with van der Waals surface area (Å²) in [6, 6.07) is 5.38. The largest absolute Gasteiger partial charge is 0.484 e. The predicted octanol–water partition coefficient (Wildman–Crippen LogP) is 2.37. The molecule has 2 atom stereocenters. The number of hydrogen-bond acceptors (Lipinski definition) is 4. The molecule has 1 aromatic carbocycles. The number of rotatable bonds is 3. The van der Waals surface area contributed by atoms with E-state index in [0.29, 0.717) is 12.2 Å². The average molecular weight is 250 g/mol. The van der Waals surface area contributed by atoms with Crippen molar-refractivity contribution in [3.63, 3.8) is 0 Å². The van der Waals surface area contributed by atoms with Gasteiger partial charge >= 0.3 is 5.97 Å². The smallest absolute Gasteiger partial charge is 0.337 e. The van der Waals surface area contributed by atoms with Crippen LogP contribution in [0.5, 0.6) is 5.75 Å². The quantitative estimate of drug-likeness (QED) is 0.773. The lowest BCUT2D eigenvalue weighted by Crippen LogP contribution is -2.38. The van der Waals surface area contributed by atoms with Gasteiger partial charge in [0.15, 0.2) is 0 Å². The van der Waals surface area contributed by atoms with Crippen molar-refractivity contribution in [2.45, 2.75) is 25.4 Å². The monoisotopic (exact) mass is 250 g/mol. The molecule has 0 N–H and O–H groups in total. The van der Waals surface area contributed by atoms with E-state index in [2.05, 4.69) is 6.92 Å². The van der Waals surface area contributed by atoms with Gasteiger partial charge < -0.3 is 14.2 Å². The van der Waals surface area contributed by atoms with Crippen molar-refractivity contribution < 1.29 is 19.0 Å². The van der Waals surface area contributed by atoms with Gasteiger partial charge in [-0.1, -0.05) is 6.92 Å². The Balaban J connectivity index is 2.35. The Kier molecular flexibility index (Phi) is 3.30. The number of carbonyl (C=O) groups is 1. The van der Waals surface area contributed by atoms with Gasteiger partial charge in [-0.2, -0.15) is 0 Å². The average Bonchev–Trinajstić information content (AvgIpc) is 2.61. The van der Waals surface area contributed by atoms with Gasteiger partial charge in [0.25, 0.3) is 0 Å². The lowest BCUT2D eigenvalue weighted by atomic mass is 9.87. The molecule has 2 unspecified atom stereocenters. The van der Waals surface area contributed by atoms with E-state index in [1.807, 2.05) is 19.1 Å². The van der Waals surface area contributed by atoms with Crippen molar-refractivity contribution in [3.05, 3.63) is 29.3 Å². The van der Waals surface area contributed by atoms with Gasteiger partial charge in [-0.15, -0.1) is 0 Å². The van der Waals surface area contributed by atoms with Crippen LogP contribution in [0.25, 0.3) is 0 Å². The van der Waals surface area contributed by atoms with Crippen molar-refractivity contribution in [1.82, 2.24) is 0 Å². The Hall–Kier alpha value is -1.55. The maximum atomic E-state index is 11.5. The number of benzene rings is 1. The van der Waals surface area contributed by atoms with Crippen LogP contribution in [-0.2, 0) is 9.47 Å². The second kappa shape index (κ2) is 4.61. The Labute approximate surface area is 107 Å². The van der Waals surface area contributed by atoms with Crippen LogP contribution in [-0.4, -0.2) is 32.4 Å². The first-order chi connectivity index (χ1) is 8.51. The Morgan fingerprint density at radius 1 is 1.44 bits per heavy atom. The second-order valence-corrected chi connectivity index (χ2v) is 4.81. The predicted molar refractivity (Wildman–Crippen MR) is 67.1 cm³/mol. The summed E-state index contributed by atoms with van der Waals surface area (Å²) >= 11 is 0. The van der Waals surface area contributed by atoms with Gasteiger partial charge in [-0.05, 0) is 25.1 Å². The minimum absolute atomic E-state index is 0.164. The summed E-state index contributed by atoms with van der Waals surface area (Å²) in [7, 11) is 3.04. The highest BCUT2D eigenvalue weighted by Gasteiger charge is 2.42. The van der Waals surface area contributed by atoms with Crippen molar-refractivity contribution >= 4 is 5.97 Å². The number of carbonyl (C=O) groups excluding carboxylic acids is 1. The molecule has 1 aliphatic rings. The lowest BCUT2D eigenvalue weighted by molar-refractivity contribution is 0.00616. The van der Waals surface area contributed by atoms with Crippen LogP contribution in [0.15, 0.2) is 18.2 Å². The maximum absolute atomic E-state index is 11.5. The SMILES string of the molecule is COCC1(C)Oc2ccc(C(=O)OC)cc2C1C. The van der Waals surface area contributed by atoms with Crippen LogP contribution < -0.4 is 4.74 Å². The van der Waals surface area contributed by atoms with Gasteiger partial charge in [0.05, 0.1) is 19.3 Å². The zero-order valence-corrected chi connectivity index (χ0v) is 11.1. The van der Waals surface area contributed by atoms with Crippen LogP contribution in [0.3, 0.4) is 0 Å². The third-order valence-corrected chi connectivity index (χ3v) is 3.59. The van der Waals surface area contributed by atoms with Gasteiger partial charge in [-0.25, -0.2) is 4.79 Å². The molecule has 1 aromatic rings. The molecule has 0 saturated carbocycles. The number of hydrogen-bond donors (Lipinski definition) is 0. The van der Waals surface area contributed by atoms with Gasteiger partial charge in [-0.3, -0.25) is 0 Å². The molecule has 1 aliphatic heterocycles. The fourth-order valence-corrected chi connectivity index (χ4v) is 2.33. The zero-order valence-electron chi connectivity index (χ0n) is 11.1. The fraction of sp³-hybridized carbons (Fsp3) is 0.500. The number of esters is 1. The van der Waals surface area contributed by atoms with E-state index in [-0.39, 0.29) is 17.5 Å². The molecule has 0 saturated heterocycles. The lowest BCUT2D eigenvalue weighted by Gasteiger charge is -2.27. The number of fused-ring (bicyclic) bond motifs is 1. The molecule has 4 nitrogen and oxygen atoms in total. The van der Waals surface area contributed by atoms with Crippen LogP contribution in [0.2, 0.25) is 0 Å². The van der Waals surface area contributed by atoms with E-state index in [9.17, 15) is 4.79 Å². The first-order valence-corrected chi connectivity index (χ1v) is 5.92. The van der Waals surface area contributed by atoms with E-state index in [1.165, 1.54) is 7.11 Å². The molecule has 0 bridgehead atoms. The molecule has 0 aromatic heterocycles. The number of methoxy groups -OCH3 is 2. The Morgan fingerprint density at radius 3 is 2.78 bits per heavy atom. The second-order valence-electron chi connectivity index (χ2n) is 4.81. The first kappa shape index (κ1) is 12.9. The fourth-order valence-electron chi connectivity index (χ4n) is 2.33. The summed E-state index contributed by atoms with van der Waals surface area (Å²) < 4.78 is 15.9. The minimum atomic E-state index is -0.383. The summed E-state index contributed by atoms with van der Waals surface area (Å²) in [5.74, 6) is 0.650. The molecule has 0 spiro atoms.